The predicted molar refractivity (Wildman–Crippen MR) is 103 cm³/mol. The van der Waals surface area contributed by atoms with E-state index in [1.165, 1.54) is 0 Å². The van der Waals surface area contributed by atoms with Crippen molar-refractivity contribution in [3.05, 3.63) is 71.5 Å². The lowest BCUT2D eigenvalue weighted by Crippen LogP contribution is -1.88. The minimum absolute atomic E-state index is 0.727. The zero-order valence-electron chi connectivity index (χ0n) is 13.6. The van der Waals surface area contributed by atoms with E-state index in [0.29, 0.717) is 0 Å². The summed E-state index contributed by atoms with van der Waals surface area (Å²) in [7, 11) is 1.67. The van der Waals surface area contributed by atoms with Crippen LogP contribution in [0.3, 0.4) is 0 Å². The van der Waals surface area contributed by atoms with Crippen molar-refractivity contribution in [2.24, 2.45) is 0 Å². The first-order valence-corrected chi connectivity index (χ1v) is 8.63. The molecule has 0 saturated heterocycles. The standard InChI is InChI=1S/C20H15N3OS/c1-24-16-8-9-17-18(11-16)25-19(23-17)10-7-14-12-21-20(22-13-14)15-5-3-2-4-6-15/h2-13H,1H3/b10-7-. The molecule has 0 unspecified atom stereocenters. The Balaban J connectivity index is 1.55. The molecule has 4 rings (SSSR count). The zero-order chi connectivity index (χ0) is 17.1. The Morgan fingerprint density at radius 1 is 0.960 bits per heavy atom. The van der Waals surface area contributed by atoms with Crippen molar-refractivity contribution in [3.63, 3.8) is 0 Å². The number of aromatic nitrogens is 3. The second kappa shape index (κ2) is 6.83. The van der Waals surface area contributed by atoms with Gasteiger partial charge < -0.3 is 4.74 Å². The van der Waals surface area contributed by atoms with Crippen molar-refractivity contribution in [3.8, 4) is 17.1 Å². The molecule has 122 valence electrons. The van der Waals surface area contributed by atoms with Gasteiger partial charge >= 0.3 is 0 Å². The van der Waals surface area contributed by atoms with Crippen LogP contribution in [0.25, 0.3) is 33.8 Å². The summed E-state index contributed by atoms with van der Waals surface area (Å²) in [6, 6.07) is 15.8. The van der Waals surface area contributed by atoms with Gasteiger partial charge in [-0.05, 0) is 30.4 Å². The van der Waals surface area contributed by atoms with Crippen LogP contribution in [0, 0.1) is 0 Å². The first-order chi connectivity index (χ1) is 12.3. The highest BCUT2D eigenvalue weighted by Crippen LogP contribution is 2.27. The topological polar surface area (TPSA) is 47.9 Å². The molecular formula is C20H15N3OS. The van der Waals surface area contributed by atoms with Crippen LogP contribution >= 0.6 is 11.3 Å². The third kappa shape index (κ3) is 3.41. The van der Waals surface area contributed by atoms with Crippen LogP contribution in [0.4, 0.5) is 0 Å². The Hall–Kier alpha value is -3.05. The summed E-state index contributed by atoms with van der Waals surface area (Å²) in [6.07, 6.45) is 7.60. The highest BCUT2D eigenvalue weighted by Gasteiger charge is 2.03. The second-order valence-corrected chi connectivity index (χ2v) is 6.49. The van der Waals surface area contributed by atoms with Crippen molar-refractivity contribution < 1.29 is 4.74 Å². The minimum Gasteiger partial charge on any atom is -0.497 e. The third-order valence-corrected chi connectivity index (χ3v) is 4.72. The van der Waals surface area contributed by atoms with E-state index in [0.717, 1.165) is 37.9 Å². The summed E-state index contributed by atoms with van der Waals surface area (Å²) in [5.41, 5.74) is 2.93. The number of rotatable bonds is 4. The number of thiazole rings is 1. The van der Waals surface area contributed by atoms with E-state index in [1.54, 1.807) is 18.4 Å². The lowest BCUT2D eigenvalue weighted by Gasteiger charge is -1.99. The van der Waals surface area contributed by atoms with Gasteiger partial charge in [-0.15, -0.1) is 11.3 Å². The van der Waals surface area contributed by atoms with Gasteiger partial charge in [0.15, 0.2) is 5.82 Å². The molecule has 4 nitrogen and oxygen atoms in total. The summed E-state index contributed by atoms with van der Waals surface area (Å²) in [4.78, 5) is 13.5. The van der Waals surface area contributed by atoms with Gasteiger partial charge in [-0.1, -0.05) is 30.3 Å². The molecule has 0 spiro atoms. The average Bonchev–Trinajstić information content (AvgIpc) is 3.09. The van der Waals surface area contributed by atoms with Crippen molar-refractivity contribution >= 4 is 33.7 Å². The Morgan fingerprint density at radius 3 is 2.52 bits per heavy atom. The molecule has 2 heterocycles. The molecule has 0 fully saturated rings. The number of hydrogen-bond acceptors (Lipinski definition) is 5. The maximum atomic E-state index is 5.25. The van der Waals surface area contributed by atoms with Gasteiger partial charge in [0.25, 0.3) is 0 Å². The molecule has 0 amide bonds. The Labute approximate surface area is 149 Å². The molecule has 0 radical (unpaired) electrons. The van der Waals surface area contributed by atoms with Gasteiger partial charge in [-0.3, -0.25) is 0 Å². The Bertz CT molecular complexity index is 1020. The Morgan fingerprint density at radius 2 is 1.76 bits per heavy atom. The predicted octanol–water partition coefficient (Wildman–Crippen LogP) is 4.93. The van der Waals surface area contributed by atoms with Crippen LogP contribution < -0.4 is 4.74 Å². The Kier molecular flexibility index (Phi) is 4.23. The normalized spacial score (nSPS) is 11.2. The molecule has 2 aromatic carbocycles. The van der Waals surface area contributed by atoms with E-state index in [9.17, 15) is 0 Å². The van der Waals surface area contributed by atoms with Gasteiger partial charge in [0.05, 0.1) is 17.3 Å². The second-order valence-electron chi connectivity index (χ2n) is 5.43. The summed E-state index contributed by atoms with van der Waals surface area (Å²) in [5.74, 6) is 1.57. The lowest BCUT2D eigenvalue weighted by atomic mass is 10.2. The van der Waals surface area contributed by atoms with Crippen molar-refractivity contribution in [1.29, 1.82) is 0 Å². The van der Waals surface area contributed by atoms with Crippen molar-refractivity contribution in [2.75, 3.05) is 7.11 Å². The van der Waals surface area contributed by atoms with Crippen LogP contribution in [0.1, 0.15) is 10.6 Å². The molecule has 4 aromatic rings. The van der Waals surface area contributed by atoms with E-state index in [4.69, 9.17) is 4.74 Å². The fraction of sp³-hybridized carbons (Fsp3) is 0.0500. The molecule has 0 aliphatic carbocycles. The summed E-state index contributed by atoms with van der Waals surface area (Å²) in [6.45, 7) is 0. The monoisotopic (exact) mass is 345 g/mol. The molecule has 0 aliphatic heterocycles. The molecule has 5 heteroatoms. The minimum atomic E-state index is 0.727. The number of methoxy groups -OCH3 is 1. The smallest absolute Gasteiger partial charge is 0.159 e. The largest absolute Gasteiger partial charge is 0.497 e. The first kappa shape index (κ1) is 15.5. The van der Waals surface area contributed by atoms with Crippen LogP contribution in [0.2, 0.25) is 0 Å². The van der Waals surface area contributed by atoms with Crippen LogP contribution in [0.5, 0.6) is 5.75 Å². The van der Waals surface area contributed by atoms with Gasteiger partial charge in [0.2, 0.25) is 0 Å². The molecule has 0 atom stereocenters. The van der Waals surface area contributed by atoms with Gasteiger partial charge in [0, 0.05) is 23.5 Å². The van der Waals surface area contributed by atoms with Crippen molar-refractivity contribution in [1.82, 2.24) is 15.0 Å². The number of nitrogens with zero attached hydrogens (tertiary/aromatic N) is 3. The summed E-state index contributed by atoms with van der Waals surface area (Å²) in [5, 5.41) is 0.940. The molecular weight excluding hydrogens is 330 g/mol. The number of benzene rings is 2. The molecule has 2 aromatic heterocycles. The van der Waals surface area contributed by atoms with Gasteiger partial charge in [0.1, 0.15) is 10.8 Å². The molecule has 0 bridgehead atoms. The summed E-state index contributed by atoms with van der Waals surface area (Å²) < 4.78 is 6.36. The molecule has 0 saturated carbocycles. The summed E-state index contributed by atoms with van der Waals surface area (Å²) >= 11 is 1.63. The lowest BCUT2D eigenvalue weighted by molar-refractivity contribution is 0.415. The quantitative estimate of drug-likeness (QED) is 0.526. The van der Waals surface area contributed by atoms with Gasteiger partial charge in [-0.25, -0.2) is 15.0 Å². The highest BCUT2D eigenvalue weighted by atomic mass is 32.1. The first-order valence-electron chi connectivity index (χ1n) is 7.82. The SMILES string of the molecule is COc1ccc2nc(/C=C\c3cnc(-c4ccccc4)nc3)sc2c1. The molecule has 25 heavy (non-hydrogen) atoms. The van der Waals surface area contributed by atoms with E-state index >= 15 is 0 Å². The van der Waals surface area contributed by atoms with E-state index in [2.05, 4.69) is 15.0 Å². The fourth-order valence-corrected chi connectivity index (χ4v) is 3.35. The van der Waals surface area contributed by atoms with Crippen LogP contribution in [0.15, 0.2) is 60.9 Å². The molecule has 0 aliphatic rings. The van der Waals surface area contributed by atoms with Crippen LogP contribution in [-0.4, -0.2) is 22.1 Å². The maximum Gasteiger partial charge on any atom is 0.159 e. The maximum absolute atomic E-state index is 5.25. The fourth-order valence-electron chi connectivity index (χ4n) is 2.45. The van der Waals surface area contributed by atoms with Gasteiger partial charge in [-0.2, -0.15) is 0 Å². The number of fused-ring (bicyclic) bond motifs is 1. The third-order valence-electron chi connectivity index (χ3n) is 3.73. The van der Waals surface area contributed by atoms with E-state index in [1.807, 2.05) is 73.1 Å². The van der Waals surface area contributed by atoms with Crippen LogP contribution in [-0.2, 0) is 0 Å². The van der Waals surface area contributed by atoms with Crippen molar-refractivity contribution in [2.45, 2.75) is 0 Å². The molecule has 0 N–H and O–H groups in total. The van der Waals surface area contributed by atoms with E-state index < -0.39 is 0 Å². The highest BCUT2D eigenvalue weighted by molar-refractivity contribution is 7.19. The average molecular weight is 345 g/mol. The number of hydrogen-bond donors (Lipinski definition) is 0. The number of ether oxygens (including phenoxy) is 1. The zero-order valence-corrected chi connectivity index (χ0v) is 14.4. The van der Waals surface area contributed by atoms with E-state index in [-0.39, 0.29) is 0 Å².